The Balaban J connectivity index is 1.66. The number of rotatable bonds is 6. The van der Waals surface area contributed by atoms with E-state index in [2.05, 4.69) is 10.6 Å². The number of piperidine rings is 1. The van der Waals surface area contributed by atoms with Gasteiger partial charge in [-0.15, -0.1) is 11.3 Å². The summed E-state index contributed by atoms with van der Waals surface area (Å²) in [5.41, 5.74) is 0.546. The summed E-state index contributed by atoms with van der Waals surface area (Å²) in [5.74, 6) is 0.942. The Bertz CT molecular complexity index is 831. The molecule has 9 heteroatoms. The van der Waals surface area contributed by atoms with Crippen LogP contribution >= 0.6 is 11.3 Å². The minimum atomic E-state index is -0.295. The molecule has 0 aliphatic carbocycles. The van der Waals surface area contributed by atoms with E-state index in [-0.39, 0.29) is 17.9 Å². The summed E-state index contributed by atoms with van der Waals surface area (Å²) < 4.78 is 16.0. The third kappa shape index (κ3) is 4.92. The summed E-state index contributed by atoms with van der Waals surface area (Å²) in [6.07, 6.45) is 1.49. The molecule has 0 saturated carbocycles. The highest BCUT2D eigenvalue weighted by Crippen LogP contribution is 2.40. The second-order valence-electron chi connectivity index (χ2n) is 6.60. The summed E-state index contributed by atoms with van der Waals surface area (Å²) in [6.45, 7) is 0.999. The Morgan fingerprint density at radius 3 is 2.41 bits per heavy atom. The van der Waals surface area contributed by atoms with Crippen LogP contribution in [0.5, 0.6) is 17.2 Å². The number of nitrogens with one attached hydrogen (secondary N) is 2. The third-order valence-electron chi connectivity index (χ3n) is 4.76. The van der Waals surface area contributed by atoms with Gasteiger partial charge >= 0.3 is 6.03 Å². The van der Waals surface area contributed by atoms with Crippen LogP contribution in [0.25, 0.3) is 0 Å². The van der Waals surface area contributed by atoms with Gasteiger partial charge in [-0.3, -0.25) is 10.1 Å². The van der Waals surface area contributed by atoms with Gasteiger partial charge < -0.3 is 24.4 Å². The fourth-order valence-electron chi connectivity index (χ4n) is 3.31. The largest absolute Gasteiger partial charge is 0.493 e. The molecule has 1 fully saturated rings. The SMILES string of the molecule is COc1cc(NC(=O)C2CCCN(C(=O)Nc3cccs3)C2)cc(OC)c1OC. The van der Waals surface area contributed by atoms with Gasteiger partial charge in [0.25, 0.3) is 0 Å². The molecule has 1 aliphatic rings. The van der Waals surface area contributed by atoms with Gasteiger partial charge in [0.15, 0.2) is 11.5 Å². The number of benzene rings is 1. The first-order valence-electron chi connectivity index (χ1n) is 9.26. The smallest absolute Gasteiger partial charge is 0.322 e. The Morgan fingerprint density at radius 2 is 1.83 bits per heavy atom. The summed E-state index contributed by atoms with van der Waals surface area (Å²) >= 11 is 1.46. The first-order chi connectivity index (χ1) is 14.0. The number of carbonyl (C=O) groups excluding carboxylic acids is 2. The number of urea groups is 1. The summed E-state index contributed by atoms with van der Waals surface area (Å²) in [5, 5.41) is 8.47. The van der Waals surface area contributed by atoms with Crippen LogP contribution in [0.1, 0.15) is 12.8 Å². The first-order valence-corrected chi connectivity index (χ1v) is 10.1. The van der Waals surface area contributed by atoms with E-state index in [0.29, 0.717) is 36.0 Å². The highest BCUT2D eigenvalue weighted by atomic mass is 32.1. The molecule has 2 heterocycles. The average Bonchev–Trinajstić information content (AvgIpc) is 3.26. The molecule has 1 aliphatic heterocycles. The lowest BCUT2D eigenvalue weighted by Crippen LogP contribution is -2.45. The third-order valence-corrected chi connectivity index (χ3v) is 5.55. The average molecular weight is 420 g/mol. The van der Waals surface area contributed by atoms with Crippen molar-refractivity contribution in [2.45, 2.75) is 12.8 Å². The number of hydrogen-bond acceptors (Lipinski definition) is 6. The maximum absolute atomic E-state index is 12.8. The van der Waals surface area contributed by atoms with E-state index in [1.165, 1.54) is 32.7 Å². The van der Waals surface area contributed by atoms with Crippen LogP contribution in [0, 0.1) is 5.92 Å². The van der Waals surface area contributed by atoms with Crippen molar-refractivity contribution in [3.63, 3.8) is 0 Å². The molecule has 1 saturated heterocycles. The van der Waals surface area contributed by atoms with E-state index in [0.717, 1.165) is 17.8 Å². The number of thiophene rings is 1. The van der Waals surface area contributed by atoms with E-state index in [4.69, 9.17) is 14.2 Å². The van der Waals surface area contributed by atoms with Crippen LogP contribution in [0.2, 0.25) is 0 Å². The molecule has 3 rings (SSSR count). The Kier molecular flexibility index (Phi) is 6.82. The summed E-state index contributed by atoms with van der Waals surface area (Å²) in [7, 11) is 4.57. The number of amides is 3. The lowest BCUT2D eigenvalue weighted by atomic mass is 9.97. The second-order valence-corrected chi connectivity index (χ2v) is 7.54. The van der Waals surface area contributed by atoms with Crippen molar-refractivity contribution in [1.82, 2.24) is 4.90 Å². The minimum Gasteiger partial charge on any atom is -0.493 e. The molecule has 156 valence electrons. The molecule has 0 radical (unpaired) electrons. The predicted octanol–water partition coefficient (Wildman–Crippen LogP) is 3.66. The number of nitrogens with zero attached hydrogens (tertiary/aromatic N) is 1. The van der Waals surface area contributed by atoms with E-state index in [9.17, 15) is 9.59 Å². The van der Waals surface area contributed by atoms with Gasteiger partial charge in [-0.05, 0) is 30.4 Å². The Morgan fingerprint density at radius 1 is 1.10 bits per heavy atom. The molecule has 0 bridgehead atoms. The molecule has 1 aromatic carbocycles. The zero-order valence-corrected chi connectivity index (χ0v) is 17.5. The Hall–Kier alpha value is -2.94. The number of anilines is 2. The van der Waals surface area contributed by atoms with E-state index in [1.54, 1.807) is 17.0 Å². The maximum atomic E-state index is 12.8. The molecular weight excluding hydrogens is 394 g/mol. The molecule has 1 unspecified atom stereocenters. The number of hydrogen-bond donors (Lipinski definition) is 2. The van der Waals surface area contributed by atoms with Crippen LogP contribution in [-0.4, -0.2) is 51.3 Å². The molecule has 29 heavy (non-hydrogen) atoms. The molecule has 2 aromatic rings. The monoisotopic (exact) mass is 419 g/mol. The maximum Gasteiger partial charge on any atom is 0.322 e. The topological polar surface area (TPSA) is 89.1 Å². The molecule has 0 spiro atoms. The van der Waals surface area contributed by atoms with Crippen molar-refractivity contribution >= 4 is 34.0 Å². The van der Waals surface area contributed by atoms with Crippen molar-refractivity contribution in [3.05, 3.63) is 29.6 Å². The van der Waals surface area contributed by atoms with Gasteiger partial charge in [0.2, 0.25) is 11.7 Å². The van der Waals surface area contributed by atoms with Gasteiger partial charge in [0, 0.05) is 30.9 Å². The van der Waals surface area contributed by atoms with Crippen LogP contribution in [-0.2, 0) is 4.79 Å². The van der Waals surface area contributed by atoms with Crippen LogP contribution in [0.15, 0.2) is 29.6 Å². The fourth-order valence-corrected chi connectivity index (χ4v) is 3.91. The summed E-state index contributed by atoms with van der Waals surface area (Å²) in [6, 6.07) is 6.91. The Labute approximate surface area is 173 Å². The van der Waals surface area contributed by atoms with Gasteiger partial charge in [-0.25, -0.2) is 4.79 Å². The highest BCUT2D eigenvalue weighted by Gasteiger charge is 2.29. The fraction of sp³-hybridized carbons (Fsp3) is 0.400. The highest BCUT2D eigenvalue weighted by molar-refractivity contribution is 7.14. The van der Waals surface area contributed by atoms with Crippen molar-refractivity contribution in [2.75, 3.05) is 45.1 Å². The van der Waals surface area contributed by atoms with E-state index >= 15 is 0 Å². The van der Waals surface area contributed by atoms with Gasteiger partial charge in [0.05, 0.1) is 32.2 Å². The molecule has 2 N–H and O–H groups in total. The van der Waals surface area contributed by atoms with Crippen LogP contribution in [0.3, 0.4) is 0 Å². The van der Waals surface area contributed by atoms with E-state index < -0.39 is 0 Å². The first kappa shape index (κ1) is 20.8. The van der Waals surface area contributed by atoms with Crippen LogP contribution < -0.4 is 24.8 Å². The van der Waals surface area contributed by atoms with Gasteiger partial charge in [-0.1, -0.05) is 0 Å². The molecule has 8 nitrogen and oxygen atoms in total. The number of ether oxygens (including phenoxy) is 3. The molecule has 1 aromatic heterocycles. The number of carbonyl (C=O) groups is 2. The zero-order valence-electron chi connectivity index (χ0n) is 16.7. The van der Waals surface area contributed by atoms with Gasteiger partial charge in [-0.2, -0.15) is 0 Å². The molecule has 1 atom stereocenters. The van der Waals surface area contributed by atoms with Crippen molar-refractivity contribution in [2.24, 2.45) is 5.92 Å². The lowest BCUT2D eigenvalue weighted by molar-refractivity contribution is -0.121. The normalized spacial score (nSPS) is 16.1. The lowest BCUT2D eigenvalue weighted by Gasteiger charge is -2.32. The number of methoxy groups -OCH3 is 3. The second kappa shape index (κ2) is 9.51. The van der Waals surface area contributed by atoms with Crippen LogP contribution in [0.4, 0.5) is 15.5 Å². The quantitative estimate of drug-likeness (QED) is 0.746. The predicted molar refractivity (Wildman–Crippen MR) is 112 cm³/mol. The van der Waals surface area contributed by atoms with Crippen molar-refractivity contribution in [1.29, 1.82) is 0 Å². The zero-order chi connectivity index (χ0) is 20.8. The minimum absolute atomic E-state index is 0.145. The van der Waals surface area contributed by atoms with Crippen molar-refractivity contribution < 1.29 is 23.8 Å². The molecule has 3 amide bonds. The van der Waals surface area contributed by atoms with Gasteiger partial charge in [0.1, 0.15) is 0 Å². The molecular formula is C20H25N3O5S. The summed E-state index contributed by atoms with van der Waals surface area (Å²) in [4.78, 5) is 27.0. The van der Waals surface area contributed by atoms with Crippen molar-refractivity contribution in [3.8, 4) is 17.2 Å². The standard InChI is InChI=1S/C20H25N3O5S/c1-26-15-10-14(11-16(27-2)18(15)28-3)21-19(24)13-6-4-8-23(12-13)20(25)22-17-7-5-9-29-17/h5,7,9-11,13H,4,6,8,12H2,1-3H3,(H,21,24)(H,22,25). The van der Waals surface area contributed by atoms with E-state index in [1.807, 2.05) is 17.5 Å². The number of likely N-dealkylation sites (tertiary alicyclic amines) is 1.